The van der Waals surface area contributed by atoms with Gasteiger partial charge in [0.1, 0.15) is 17.8 Å². The van der Waals surface area contributed by atoms with Crippen LogP contribution in [0.4, 0.5) is 0 Å². The summed E-state index contributed by atoms with van der Waals surface area (Å²) in [4.78, 5) is 29.4. The van der Waals surface area contributed by atoms with Gasteiger partial charge in [0.25, 0.3) is 0 Å². The lowest BCUT2D eigenvalue weighted by Gasteiger charge is -2.61. The van der Waals surface area contributed by atoms with E-state index >= 15 is 0 Å². The Kier molecular flexibility index (Phi) is 8.51. The molecule has 2 spiro atoms. The number of carbonyl (C=O) groups excluding carboxylic acids is 1. The summed E-state index contributed by atoms with van der Waals surface area (Å²) >= 11 is 0. The van der Waals surface area contributed by atoms with E-state index in [-0.39, 0.29) is 25.0 Å². The van der Waals surface area contributed by atoms with E-state index in [2.05, 4.69) is 11.6 Å². The number of aliphatic carboxylic acids is 1. The number of methoxy groups -OCH3 is 1. The fourth-order valence-corrected chi connectivity index (χ4v) is 8.67. The molecular formula is C33H42NO11-. The number of esters is 1. The summed E-state index contributed by atoms with van der Waals surface area (Å²) in [6, 6.07) is 1.82. The zero-order valence-corrected chi connectivity index (χ0v) is 25.4. The molecule has 12 heteroatoms. The summed E-state index contributed by atoms with van der Waals surface area (Å²) < 4.78 is 24.7. The average molecular weight is 629 g/mol. The van der Waals surface area contributed by atoms with Crippen LogP contribution in [0.25, 0.3) is 11.3 Å². The average Bonchev–Trinajstić information content (AvgIpc) is 3.71. The third-order valence-electron chi connectivity index (χ3n) is 10.7. The van der Waals surface area contributed by atoms with Gasteiger partial charge >= 0.3 is 11.9 Å². The molecule has 246 valence electrons. The van der Waals surface area contributed by atoms with Crippen LogP contribution in [0, 0.1) is 17.3 Å². The van der Waals surface area contributed by atoms with Crippen LogP contribution >= 0.6 is 0 Å². The smallest absolute Gasteiger partial charge is 0.333 e. The predicted octanol–water partition coefficient (Wildman–Crippen LogP) is -0.00110. The van der Waals surface area contributed by atoms with Gasteiger partial charge in [-0.1, -0.05) is 36.4 Å². The SMILES string of the molecule is C=CC1C(CC(=O)O)C(C(=O)OC)=CC2(CCCC2)C1OC1OC(CO)C23OC(CCCO)=c4[n-]ccc4=C2CCC1(O)C3O. The summed E-state index contributed by atoms with van der Waals surface area (Å²) in [7, 11) is 1.26. The number of carboxylic acids is 1. The van der Waals surface area contributed by atoms with Gasteiger partial charge in [0.15, 0.2) is 11.9 Å². The van der Waals surface area contributed by atoms with Gasteiger partial charge in [-0.05, 0) is 42.9 Å². The Bertz CT molecular complexity index is 1490. The highest BCUT2D eigenvalue weighted by Crippen LogP contribution is 2.57. The molecule has 2 bridgehead atoms. The fourth-order valence-electron chi connectivity index (χ4n) is 8.67. The maximum absolute atomic E-state index is 12.9. The number of ether oxygens (including phenoxy) is 4. The van der Waals surface area contributed by atoms with Crippen LogP contribution in [0.2, 0.25) is 0 Å². The molecule has 3 fully saturated rings. The molecule has 1 aromatic rings. The lowest BCUT2D eigenvalue weighted by Crippen LogP contribution is -2.78. The normalized spacial score (nSPS) is 36.5. The van der Waals surface area contributed by atoms with Gasteiger partial charge in [0.2, 0.25) is 0 Å². The molecule has 12 nitrogen and oxygen atoms in total. The summed E-state index contributed by atoms with van der Waals surface area (Å²) in [5.74, 6) is -2.76. The van der Waals surface area contributed by atoms with Gasteiger partial charge in [-0.25, -0.2) is 4.79 Å². The number of rotatable bonds is 10. The topological polar surface area (TPSA) is 186 Å². The largest absolute Gasteiger partial charge is 0.661 e. The maximum atomic E-state index is 12.9. The molecule has 6 rings (SSSR count). The monoisotopic (exact) mass is 628 g/mol. The number of aliphatic hydroxyl groups excluding tert-OH is 3. The zero-order valence-electron chi connectivity index (χ0n) is 25.4. The molecule has 8 atom stereocenters. The van der Waals surface area contributed by atoms with Crippen molar-refractivity contribution < 1.29 is 54.1 Å². The van der Waals surface area contributed by atoms with Crippen LogP contribution in [0.1, 0.15) is 57.8 Å². The van der Waals surface area contributed by atoms with Gasteiger partial charge in [0.05, 0.1) is 32.0 Å². The van der Waals surface area contributed by atoms with Gasteiger partial charge in [-0.15, -0.1) is 6.58 Å². The second-order valence-electron chi connectivity index (χ2n) is 13.0. The van der Waals surface area contributed by atoms with Crippen LogP contribution in [-0.2, 0) is 28.5 Å². The molecule has 0 amide bonds. The molecule has 0 aromatic carbocycles. The van der Waals surface area contributed by atoms with Gasteiger partial charge < -0.3 is 49.5 Å². The summed E-state index contributed by atoms with van der Waals surface area (Å²) in [5.41, 5.74) is -3.39. The fraction of sp³-hybridized carbons (Fsp3) is 0.636. The van der Waals surface area contributed by atoms with Crippen molar-refractivity contribution in [2.45, 2.75) is 93.6 Å². The Labute approximate surface area is 260 Å². The minimum atomic E-state index is -1.98. The van der Waals surface area contributed by atoms with Crippen LogP contribution in [0.3, 0.4) is 0 Å². The molecule has 3 aliphatic carbocycles. The Morgan fingerprint density at radius 2 is 1.98 bits per heavy atom. The third-order valence-corrected chi connectivity index (χ3v) is 10.7. The summed E-state index contributed by atoms with van der Waals surface area (Å²) in [6.07, 6.45) is 3.74. The van der Waals surface area contributed by atoms with Crippen molar-refractivity contribution in [3.05, 3.63) is 47.1 Å². The molecule has 3 heterocycles. The molecular weight excluding hydrogens is 586 g/mol. The number of aromatic nitrogens is 1. The summed E-state index contributed by atoms with van der Waals surface area (Å²) in [5, 5.41) is 55.8. The Hall–Kier alpha value is -3.00. The van der Waals surface area contributed by atoms with Crippen molar-refractivity contribution in [3.63, 3.8) is 0 Å². The highest BCUT2D eigenvalue weighted by atomic mass is 16.7. The van der Waals surface area contributed by atoms with E-state index < -0.39 is 71.6 Å². The van der Waals surface area contributed by atoms with Crippen LogP contribution in [-0.4, -0.2) is 93.6 Å². The highest BCUT2D eigenvalue weighted by molar-refractivity contribution is 5.90. The quantitative estimate of drug-likeness (QED) is 0.173. The first kappa shape index (κ1) is 32.0. The first-order chi connectivity index (χ1) is 21.6. The molecule has 8 unspecified atom stereocenters. The van der Waals surface area contributed by atoms with E-state index in [0.29, 0.717) is 48.8 Å². The minimum Gasteiger partial charge on any atom is -0.661 e. The van der Waals surface area contributed by atoms with Crippen molar-refractivity contribution in [1.82, 2.24) is 4.98 Å². The molecule has 5 aliphatic rings. The van der Waals surface area contributed by atoms with Crippen LogP contribution < -0.4 is 15.6 Å². The number of hydrogen-bond acceptors (Lipinski definition) is 10. The molecule has 2 saturated carbocycles. The van der Waals surface area contributed by atoms with Gasteiger partial charge in [0, 0.05) is 35.9 Å². The van der Waals surface area contributed by atoms with Crippen molar-refractivity contribution in [1.29, 1.82) is 0 Å². The molecule has 5 N–H and O–H groups in total. The number of nitrogens with zero attached hydrogens (tertiary/aromatic N) is 1. The standard InChI is InChI=1S/C33H42NO11/c1-3-18-20(15-25(37)38)21(28(39)42-2)16-31(10-4-5-11-31)27(18)44-30-32(41)12-8-22-19-9-13-34-26(19)23(7-6-14-35)45-33(22,29(32)40)24(17-36)43-30/h3,9,13,16,18,20,24,27,29-30,35-36,40-41H,1,4-8,10-12,14-15,17H2,2H3,(H,37,38)/q-1. The number of aliphatic hydroxyl groups is 4. The maximum Gasteiger partial charge on any atom is 0.333 e. The lowest BCUT2D eigenvalue weighted by atomic mass is 9.62. The van der Waals surface area contributed by atoms with E-state index in [1.165, 1.54) is 7.11 Å². The van der Waals surface area contributed by atoms with Crippen molar-refractivity contribution in [3.8, 4) is 0 Å². The molecule has 1 saturated heterocycles. The molecule has 45 heavy (non-hydrogen) atoms. The first-order valence-electron chi connectivity index (χ1n) is 15.7. The number of carbonyl (C=O) groups is 2. The predicted molar refractivity (Wildman–Crippen MR) is 157 cm³/mol. The van der Waals surface area contributed by atoms with Crippen LogP contribution in [0.15, 0.2) is 36.6 Å². The van der Waals surface area contributed by atoms with E-state index in [0.717, 1.165) is 18.1 Å². The highest BCUT2D eigenvalue weighted by Gasteiger charge is 2.70. The minimum absolute atomic E-state index is 0.0499. The van der Waals surface area contributed by atoms with Crippen molar-refractivity contribution in [2.24, 2.45) is 17.3 Å². The molecule has 1 aromatic heterocycles. The zero-order chi connectivity index (χ0) is 32.1. The van der Waals surface area contributed by atoms with Crippen molar-refractivity contribution >= 4 is 23.3 Å². The summed E-state index contributed by atoms with van der Waals surface area (Å²) in [6.45, 7) is 3.34. The number of hydrogen-bond donors (Lipinski definition) is 5. The van der Waals surface area contributed by atoms with E-state index in [9.17, 15) is 35.1 Å². The van der Waals surface area contributed by atoms with Crippen molar-refractivity contribution in [2.75, 3.05) is 20.3 Å². The van der Waals surface area contributed by atoms with E-state index in [4.69, 9.17) is 18.9 Å². The van der Waals surface area contributed by atoms with E-state index in [1.807, 2.05) is 6.07 Å². The van der Waals surface area contributed by atoms with E-state index in [1.54, 1.807) is 18.3 Å². The Balaban J connectivity index is 1.42. The van der Waals surface area contributed by atoms with Gasteiger partial charge in [-0.3, -0.25) is 4.79 Å². The number of fused-ring (bicyclic) bond motifs is 2. The third kappa shape index (κ3) is 4.80. The Morgan fingerprint density at radius 3 is 2.62 bits per heavy atom. The molecule has 2 aliphatic heterocycles. The lowest BCUT2D eigenvalue weighted by molar-refractivity contribution is -0.378. The van der Waals surface area contributed by atoms with Gasteiger partial charge in [-0.2, -0.15) is 6.20 Å². The Morgan fingerprint density at radius 1 is 1.22 bits per heavy atom. The molecule has 0 radical (unpaired) electrons. The number of carboxylic acid groups (broad SMARTS) is 1. The second kappa shape index (κ2) is 12.0. The second-order valence-corrected chi connectivity index (χ2v) is 13.0. The first-order valence-corrected chi connectivity index (χ1v) is 15.7. The van der Waals surface area contributed by atoms with Crippen LogP contribution in [0.5, 0.6) is 0 Å².